The second-order valence-electron chi connectivity index (χ2n) is 9.08. The van der Waals surface area contributed by atoms with Gasteiger partial charge in [0.05, 0.1) is 0 Å². The van der Waals surface area contributed by atoms with Gasteiger partial charge in [0, 0.05) is 18.3 Å². The summed E-state index contributed by atoms with van der Waals surface area (Å²) in [6, 6.07) is 5.82. The predicted octanol–water partition coefficient (Wildman–Crippen LogP) is 3.02. The van der Waals surface area contributed by atoms with Gasteiger partial charge in [-0.3, -0.25) is 9.78 Å². The van der Waals surface area contributed by atoms with Crippen LogP contribution < -0.4 is 10.1 Å². The highest BCUT2D eigenvalue weighted by Crippen LogP contribution is 2.31. The number of aliphatic hydroxyl groups excluding tert-OH is 2. The van der Waals surface area contributed by atoms with E-state index in [2.05, 4.69) is 41.2 Å². The number of hydrogen-bond donors (Lipinski definition) is 3. The van der Waals surface area contributed by atoms with Crippen LogP contribution in [0, 0.1) is 19.8 Å². The highest BCUT2D eigenvalue weighted by Gasteiger charge is 2.17. The molecule has 3 aromatic rings. The van der Waals surface area contributed by atoms with Crippen LogP contribution in [0.5, 0.6) is 5.75 Å². The third kappa shape index (κ3) is 6.86. The number of hydrogen-bond acceptors (Lipinski definition) is 8. The molecule has 2 aromatic heterocycles. The molecule has 35 heavy (non-hydrogen) atoms. The van der Waals surface area contributed by atoms with Crippen molar-refractivity contribution in [3.05, 3.63) is 46.6 Å². The van der Waals surface area contributed by atoms with Crippen LogP contribution in [0.25, 0.3) is 23.0 Å². The number of nitrogens with one attached hydrogen (secondary N) is 1. The average Bonchev–Trinajstić information content (AvgIpc) is 3.32. The first kappa shape index (κ1) is 26.3. The predicted molar refractivity (Wildman–Crippen MR) is 132 cm³/mol. The van der Waals surface area contributed by atoms with Crippen molar-refractivity contribution in [1.29, 1.82) is 0 Å². The number of rotatable bonds is 11. The van der Waals surface area contributed by atoms with Gasteiger partial charge in [0.1, 0.15) is 30.8 Å². The summed E-state index contributed by atoms with van der Waals surface area (Å²) in [5.41, 5.74) is 5.59. The molecule has 9 nitrogen and oxygen atoms in total. The summed E-state index contributed by atoms with van der Waals surface area (Å²) in [7, 11) is 0. The number of aryl methyl sites for hydroxylation is 3. The minimum absolute atomic E-state index is 0.00141. The fourth-order valence-corrected chi connectivity index (χ4v) is 3.77. The Kier molecular flexibility index (Phi) is 8.95. The summed E-state index contributed by atoms with van der Waals surface area (Å²) in [5, 5.41) is 25.4. The van der Waals surface area contributed by atoms with Gasteiger partial charge in [-0.25, -0.2) is 0 Å². The summed E-state index contributed by atoms with van der Waals surface area (Å²) in [4.78, 5) is 20.3. The quantitative estimate of drug-likeness (QED) is 0.380. The summed E-state index contributed by atoms with van der Waals surface area (Å²) >= 11 is 0. The molecule has 1 atom stereocenters. The van der Waals surface area contributed by atoms with E-state index in [0.29, 0.717) is 35.5 Å². The third-order valence-electron chi connectivity index (χ3n) is 5.58. The highest BCUT2D eigenvalue weighted by atomic mass is 16.5. The second-order valence-corrected chi connectivity index (χ2v) is 9.08. The molecule has 0 bridgehead atoms. The lowest BCUT2D eigenvalue weighted by atomic mass is 10.0. The van der Waals surface area contributed by atoms with E-state index in [4.69, 9.17) is 14.4 Å². The van der Waals surface area contributed by atoms with E-state index in [9.17, 15) is 9.90 Å². The smallest absolute Gasteiger partial charge is 0.258 e. The van der Waals surface area contributed by atoms with Gasteiger partial charge in [0.15, 0.2) is 0 Å². The number of benzene rings is 1. The van der Waals surface area contributed by atoms with Crippen LogP contribution in [0.2, 0.25) is 0 Å². The lowest BCUT2D eigenvalue weighted by Gasteiger charge is -2.17. The van der Waals surface area contributed by atoms with Crippen LogP contribution in [-0.2, 0) is 17.6 Å². The maximum absolute atomic E-state index is 11.1. The molecule has 1 aromatic carbocycles. The van der Waals surface area contributed by atoms with Crippen LogP contribution in [-0.4, -0.2) is 57.1 Å². The topological polar surface area (TPSA) is 131 Å². The van der Waals surface area contributed by atoms with Crippen LogP contribution >= 0.6 is 0 Å². The van der Waals surface area contributed by atoms with Crippen molar-refractivity contribution in [2.75, 3.05) is 19.8 Å². The zero-order chi connectivity index (χ0) is 25.5. The zero-order valence-electron chi connectivity index (χ0n) is 21.0. The Morgan fingerprint density at radius 2 is 1.94 bits per heavy atom. The Hall–Kier alpha value is -3.30. The molecule has 0 radical (unpaired) electrons. The van der Waals surface area contributed by atoms with Crippen molar-refractivity contribution >= 4 is 5.91 Å². The molecule has 3 rings (SSSR count). The standard InChI is InChI=1S/C26H34N4O5/c1-6-18-10-19(8-17(5)24(18)34-14-21(32)12-28-23(33)13-31)26-29-25(30-35-26)22-9-16(4)20(11-27-22)7-15(2)3/h8-11,15,21,31-32H,6-7,12-14H2,1-5H3,(H,28,33). The molecule has 0 spiro atoms. The number of aliphatic hydroxyl groups is 2. The summed E-state index contributed by atoms with van der Waals surface area (Å²) in [5.74, 6) is 1.50. The maximum atomic E-state index is 11.1. The Balaban J connectivity index is 1.76. The first-order valence-corrected chi connectivity index (χ1v) is 11.8. The van der Waals surface area contributed by atoms with Crippen LogP contribution in [0.3, 0.4) is 0 Å². The average molecular weight is 483 g/mol. The van der Waals surface area contributed by atoms with Crippen LogP contribution in [0.4, 0.5) is 0 Å². The summed E-state index contributed by atoms with van der Waals surface area (Å²) in [6.07, 6.45) is 2.64. The van der Waals surface area contributed by atoms with E-state index in [1.807, 2.05) is 38.2 Å². The van der Waals surface area contributed by atoms with E-state index in [-0.39, 0.29) is 13.2 Å². The van der Waals surface area contributed by atoms with Gasteiger partial charge in [0.2, 0.25) is 11.7 Å². The molecular weight excluding hydrogens is 448 g/mol. The monoisotopic (exact) mass is 482 g/mol. The molecule has 2 heterocycles. The zero-order valence-corrected chi connectivity index (χ0v) is 21.0. The summed E-state index contributed by atoms with van der Waals surface area (Å²) in [6.45, 7) is 9.73. The number of nitrogens with zero attached hydrogens (tertiary/aromatic N) is 3. The number of aromatic nitrogens is 3. The van der Waals surface area contributed by atoms with Crippen molar-refractivity contribution < 1.29 is 24.3 Å². The number of ether oxygens (including phenoxy) is 1. The van der Waals surface area contributed by atoms with Crippen molar-refractivity contribution in [3.8, 4) is 28.7 Å². The van der Waals surface area contributed by atoms with Gasteiger partial charge in [-0.2, -0.15) is 4.98 Å². The third-order valence-corrected chi connectivity index (χ3v) is 5.58. The fourth-order valence-electron chi connectivity index (χ4n) is 3.77. The molecule has 1 unspecified atom stereocenters. The van der Waals surface area contributed by atoms with Gasteiger partial charge >= 0.3 is 0 Å². The van der Waals surface area contributed by atoms with E-state index >= 15 is 0 Å². The van der Waals surface area contributed by atoms with Crippen LogP contribution in [0.15, 0.2) is 28.9 Å². The molecule has 0 aliphatic heterocycles. The number of amides is 1. The van der Waals surface area contributed by atoms with E-state index in [1.165, 1.54) is 5.56 Å². The Morgan fingerprint density at radius 1 is 1.17 bits per heavy atom. The van der Waals surface area contributed by atoms with E-state index in [0.717, 1.165) is 28.7 Å². The van der Waals surface area contributed by atoms with Gasteiger partial charge < -0.3 is 24.8 Å². The Labute approximate surface area is 205 Å². The summed E-state index contributed by atoms with van der Waals surface area (Å²) < 4.78 is 11.4. The van der Waals surface area contributed by atoms with Crippen molar-refractivity contribution in [2.45, 2.75) is 53.6 Å². The SMILES string of the molecule is CCc1cc(-c2nc(-c3cc(C)c(CC(C)C)cn3)no2)cc(C)c1OCC(O)CNC(=O)CO. The van der Waals surface area contributed by atoms with E-state index in [1.54, 1.807) is 0 Å². The molecule has 0 aliphatic carbocycles. The molecule has 0 fully saturated rings. The number of carbonyl (C=O) groups excluding carboxylic acids is 1. The van der Waals surface area contributed by atoms with Gasteiger partial charge in [0.25, 0.3) is 5.89 Å². The molecular formula is C26H34N4O5. The lowest BCUT2D eigenvalue weighted by molar-refractivity contribution is -0.124. The minimum Gasteiger partial charge on any atom is -0.490 e. The van der Waals surface area contributed by atoms with Crippen molar-refractivity contribution in [1.82, 2.24) is 20.4 Å². The molecule has 0 saturated carbocycles. The van der Waals surface area contributed by atoms with E-state index < -0.39 is 18.6 Å². The number of pyridine rings is 1. The van der Waals surface area contributed by atoms with Crippen molar-refractivity contribution in [2.24, 2.45) is 5.92 Å². The highest BCUT2D eigenvalue weighted by molar-refractivity contribution is 5.76. The Morgan fingerprint density at radius 3 is 2.60 bits per heavy atom. The minimum atomic E-state index is -0.907. The van der Waals surface area contributed by atoms with Crippen LogP contribution in [0.1, 0.15) is 43.0 Å². The molecule has 188 valence electrons. The first-order valence-electron chi connectivity index (χ1n) is 11.8. The molecule has 1 amide bonds. The van der Waals surface area contributed by atoms with Gasteiger partial charge in [-0.15, -0.1) is 0 Å². The van der Waals surface area contributed by atoms with Gasteiger partial charge in [-0.05, 0) is 73.1 Å². The Bertz CT molecular complexity index is 1160. The fraction of sp³-hybridized carbons (Fsp3) is 0.462. The molecule has 3 N–H and O–H groups in total. The maximum Gasteiger partial charge on any atom is 0.258 e. The lowest BCUT2D eigenvalue weighted by Crippen LogP contribution is -2.36. The molecule has 9 heteroatoms. The molecule has 0 aliphatic rings. The normalized spacial score (nSPS) is 12.1. The largest absolute Gasteiger partial charge is 0.490 e. The number of carbonyl (C=O) groups is 1. The first-order chi connectivity index (χ1) is 16.7. The molecule has 0 saturated heterocycles. The van der Waals surface area contributed by atoms with Gasteiger partial charge in [-0.1, -0.05) is 25.9 Å². The van der Waals surface area contributed by atoms with Crippen molar-refractivity contribution in [3.63, 3.8) is 0 Å². The second kappa shape index (κ2) is 11.9.